The lowest BCUT2D eigenvalue weighted by Gasteiger charge is -2.13. The normalized spacial score (nSPS) is 12.5. The molecule has 0 spiro atoms. The summed E-state index contributed by atoms with van der Waals surface area (Å²) < 4.78 is 44.3. The Morgan fingerprint density at radius 2 is 1.68 bits per heavy atom. The molecule has 10 heteroatoms. The fourth-order valence-corrected chi connectivity index (χ4v) is 4.29. The quantitative estimate of drug-likeness (QED) is 0.580. The minimum absolute atomic E-state index is 0.0251. The third-order valence-electron chi connectivity index (χ3n) is 4.55. The smallest absolute Gasteiger partial charge is 0.262 e. The second-order valence-electron chi connectivity index (χ2n) is 6.53. The van der Waals surface area contributed by atoms with Crippen molar-refractivity contribution in [3.05, 3.63) is 65.2 Å². The Kier molecular flexibility index (Phi) is 5.38. The van der Waals surface area contributed by atoms with Crippen LogP contribution in [0.1, 0.15) is 10.4 Å². The van der Waals surface area contributed by atoms with Crippen LogP contribution in [0.15, 0.2) is 59.5 Å². The summed E-state index contributed by atoms with van der Waals surface area (Å²) >= 11 is 5.99. The second-order valence-corrected chi connectivity index (χ2v) is 8.65. The number of nitrogens with one attached hydrogen (secondary N) is 2. The molecular formula is C21H17ClN2O6S. The molecular weight excluding hydrogens is 444 g/mol. The molecule has 4 rings (SSSR count). The molecule has 1 heterocycles. The topological polar surface area (TPSA) is 103 Å². The van der Waals surface area contributed by atoms with Gasteiger partial charge in [-0.1, -0.05) is 11.6 Å². The standard InChI is InChI=1S/C21H17ClN2O6S/c1-28-19-8-5-14(11-20(19)29-2)31(26,27)24-13-4-7-17-15(10-13)21(25)23-16-9-12(22)3-6-18(16)30-17/h3-11,24H,1-2H3,(H,23,25). The van der Waals surface area contributed by atoms with E-state index in [4.69, 9.17) is 25.8 Å². The zero-order chi connectivity index (χ0) is 22.2. The largest absolute Gasteiger partial charge is 0.493 e. The number of benzene rings is 3. The molecule has 0 aliphatic carbocycles. The molecule has 1 aliphatic heterocycles. The van der Waals surface area contributed by atoms with Crippen LogP contribution in [0.5, 0.6) is 23.0 Å². The molecule has 1 aliphatic rings. The minimum Gasteiger partial charge on any atom is -0.493 e. The van der Waals surface area contributed by atoms with Gasteiger partial charge in [0.25, 0.3) is 15.9 Å². The lowest BCUT2D eigenvalue weighted by atomic mass is 10.1. The van der Waals surface area contributed by atoms with Crippen LogP contribution in [0.4, 0.5) is 11.4 Å². The van der Waals surface area contributed by atoms with Gasteiger partial charge in [-0.25, -0.2) is 8.42 Å². The summed E-state index contributed by atoms with van der Waals surface area (Å²) in [6.07, 6.45) is 0. The second kappa shape index (κ2) is 8.01. The Morgan fingerprint density at radius 1 is 0.935 bits per heavy atom. The molecule has 0 unspecified atom stereocenters. The molecule has 1 amide bonds. The molecule has 0 bridgehead atoms. The molecule has 2 N–H and O–H groups in total. The number of anilines is 2. The zero-order valence-electron chi connectivity index (χ0n) is 16.4. The van der Waals surface area contributed by atoms with E-state index in [0.29, 0.717) is 22.2 Å². The molecule has 0 saturated carbocycles. The maximum absolute atomic E-state index is 12.8. The number of fused-ring (bicyclic) bond motifs is 2. The van der Waals surface area contributed by atoms with Crippen molar-refractivity contribution >= 4 is 38.9 Å². The monoisotopic (exact) mass is 460 g/mol. The highest BCUT2D eigenvalue weighted by Crippen LogP contribution is 2.38. The van der Waals surface area contributed by atoms with Gasteiger partial charge in [0.2, 0.25) is 0 Å². The van der Waals surface area contributed by atoms with Crippen molar-refractivity contribution in [3.63, 3.8) is 0 Å². The fourth-order valence-electron chi connectivity index (χ4n) is 3.05. The van der Waals surface area contributed by atoms with Crippen LogP contribution in [0.25, 0.3) is 0 Å². The molecule has 8 nitrogen and oxygen atoms in total. The average molecular weight is 461 g/mol. The van der Waals surface area contributed by atoms with Crippen LogP contribution in [-0.4, -0.2) is 28.5 Å². The van der Waals surface area contributed by atoms with Gasteiger partial charge in [0.05, 0.1) is 30.4 Å². The molecule has 31 heavy (non-hydrogen) atoms. The van der Waals surface area contributed by atoms with Gasteiger partial charge in [-0.15, -0.1) is 0 Å². The Bertz CT molecular complexity index is 1290. The number of sulfonamides is 1. The number of carbonyl (C=O) groups is 1. The number of halogens is 1. The first kappa shape index (κ1) is 20.8. The van der Waals surface area contributed by atoms with Crippen molar-refractivity contribution in [3.8, 4) is 23.0 Å². The average Bonchev–Trinajstić information content (AvgIpc) is 2.88. The Hall–Kier alpha value is -3.43. The first-order valence-electron chi connectivity index (χ1n) is 8.98. The van der Waals surface area contributed by atoms with E-state index in [-0.39, 0.29) is 27.6 Å². The lowest BCUT2D eigenvalue weighted by molar-refractivity contribution is 0.102. The van der Waals surface area contributed by atoms with Gasteiger partial charge >= 0.3 is 0 Å². The third kappa shape index (κ3) is 4.10. The van der Waals surface area contributed by atoms with Crippen molar-refractivity contribution in [1.82, 2.24) is 0 Å². The number of rotatable bonds is 5. The van der Waals surface area contributed by atoms with Gasteiger partial charge in [-0.3, -0.25) is 9.52 Å². The number of amides is 1. The number of hydrogen-bond donors (Lipinski definition) is 2. The highest BCUT2D eigenvalue weighted by molar-refractivity contribution is 7.92. The molecule has 160 valence electrons. The van der Waals surface area contributed by atoms with Crippen molar-refractivity contribution < 1.29 is 27.4 Å². The summed E-state index contributed by atoms with van der Waals surface area (Å²) in [4.78, 5) is 12.7. The molecule has 0 atom stereocenters. The van der Waals surface area contributed by atoms with Gasteiger partial charge in [-0.2, -0.15) is 0 Å². The van der Waals surface area contributed by atoms with Crippen molar-refractivity contribution in [2.45, 2.75) is 4.90 Å². The first-order valence-corrected chi connectivity index (χ1v) is 10.8. The van der Waals surface area contributed by atoms with E-state index in [1.165, 1.54) is 50.6 Å². The van der Waals surface area contributed by atoms with Gasteiger partial charge in [0.15, 0.2) is 17.2 Å². The van der Waals surface area contributed by atoms with Crippen molar-refractivity contribution in [2.24, 2.45) is 0 Å². The summed E-state index contributed by atoms with van der Waals surface area (Å²) in [6, 6.07) is 13.5. The van der Waals surface area contributed by atoms with Gasteiger partial charge in [0.1, 0.15) is 5.75 Å². The summed E-state index contributed by atoms with van der Waals surface area (Å²) in [5.41, 5.74) is 0.775. The maximum atomic E-state index is 12.8. The predicted molar refractivity (Wildman–Crippen MR) is 116 cm³/mol. The molecule has 3 aromatic rings. The summed E-state index contributed by atoms with van der Waals surface area (Å²) in [5, 5.41) is 3.15. The molecule has 0 fully saturated rings. The Balaban J connectivity index is 1.65. The summed E-state index contributed by atoms with van der Waals surface area (Å²) in [6.45, 7) is 0. The van der Waals surface area contributed by atoms with E-state index in [1.54, 1.807) is 18.2 Å². The SMILES string of the molecule is COc1ccc(S(=O)(=O)Nc2ccc3c(c2)C(=O)Nc2cc(Cl)ccc2O3)cc1OC. The summed E-state index contributed by atoms with van der Waals surface area (Å²) in [5.74, 6) is 0.933. The van der Waals surface area contributed by atoms with E-state index >= 15 is 0 Å². The highest BCUT2D eigenvalue weighted by Gasteiger charge is 2.23. The number of methoxy groups -OCH3 is 2. The predicted octanol–water partition coefficient (Wildman–Crippen LogP) is 4.52. The van der Waals surface area contributed by atoms with Crippen LogP contribution >= 0.6 is 11.6 Å². The fraction of sp³-hybridized carbons (Fsp3) is 0.0952. The minimum atomic E-state index is -3.96. The molecule has 0 radical (unpaired) electrons. The molecule has 0 aromatic heterocycles. The van der Waals surface area contributed by atoms with Crippen molar-refractivity contribution in [2.75, 3.05) is 24.3 Å². The zero-order valence-corrected chi connectivity index (χ0v) is 18.0. The van der Waals surface area contributed by atoms with E-state index < -0.39 is 15.9 Å². The van der Waals surface area contributed by atoms with E-state index in [0.717, 1.165) is 0 Å². The van der Waals surface area contributed by atoms with E-state index in [9.17, 15) is 13.2 Å². The lowest BCUT2D eigenvalue weighted by Crippen LogP contribution is -2.15. The molecule has 0 saturated heterocycles. The van der Waals surface area contributed by atoms with Crippen LogP contribution in [0.2, 0.25) is 5.02 Å². The number of ether oxygens (including phenoxy) is 3. The molecule has 3 aromatic carbocycles. The van der Waals surface area contributed by atoms with Gasteiger partial charge < -0.3 is 19.5 Å². The number of hydrogen-bond acceptors (Lipinski definition) is 6. The maximum Gasteiger partial charge on any atom is 0.262 e. The Labute approximate surface area is 183 Å². The van der Waals surface area contributed by atoms with Gasteiger partial charge in [-0.05, 0) is 48.5 Å². The van der Waals surface area contributed by atoms with Crippen LogP contribution in [0.3, 0.4) is 0 Å². The van der Waals surface area contributed by atoms with E-state index in [1.807, 2.05) is 0 Å². The van der Waals surface area contributed by atoms with Gasteiger partial charge in [0, 0.05) is 16.8 Å². The van der Waals surface area contributed by atoms with Crippen LogP contribution in [0, 0.1) is 0 Å². The summed E-state index contributed by atoms with van der Waals surface area (Å²) in [7, 11) is -1.09. The van der Waals surface area contributed by atoms with Crippen LogP contribution in [-0.2, 0) is 10.0 Å². The first-order chi connectivity index (χ1) is 14.8. The number of carbonyl (C=O) groups excluding carboxylic acids is 1. The Morgan fingerprint density at radius 3 is 2.42 bits per heavy atom. The highest BCUT2D eigenvalue weighted by atomic mass is 35.5. The van der Waals surface area contributed by atoms with Crippen molar-refractivity contribution in [1.29, 1.82) is 0 Å². The van der Waals surface area contributed by atoms with E-state index in [2.05, 4.69) is 10.0 Å². The third-order valence-corrected chi connectivity index (χ3v) is 6.17. The van der Waals surface area contributed by atoms with Crippen LogP contribution < -0.4 is 24.2 Å².